The minimum absolute atomic E-state index is 0.0460. The molecule has 0 atom stereocenters. The van der Waals surface area contributed by atoms with Crippen LogP contribution in [0.4, 0.5) is 11.4 Å². The number of amides is 1. The molecule has 3 N–H and O–H groups in total. The Morgan fingerprint density at radius 2 is 1.86 bits per heavy atom. The summed E-state index contributed by atoms with van der Waals surface area (Å²) in [7, 11) is 1.61. The summed E-state index contributed by atoms with van der Waals surface area (Å²) in [6.45, 7) is 1.92. The molecule has 1 heterocycles. The van der Waals surface area contributed by atoms with Crippen LogP contribution in [0.1, 0.15) is 16.7 Å². The molecule has 0 radical (unpaired) electrons. The van der Waals surface area contributed by atoms with Gasteiger partial charge in [-0.3, -0.25) is 9.69 Å². The average molecular weight is 501 g/mol. The number of aromatic hydroxyl groups is 1. The molecule has 10 heteroatoms. The number of phenols is 1. The molecule has 1 aliphatic rings. The van der Waals surface area contributed by atoms with Crippen LogP contribution in [-0.4, -0.2) is 47.4 Å². The van der Waals surface area contributed by atoms with Crippen LogP contribution in [0.15, 0.2) is 86.9 Å². The summed E-state index contributed by atoms with van der Waals surface area (Å²) in [4.78, 5) is 22.4. The SMILES string of the molecule is COc1ccc(N2C(=O)CS/C2=N/N=C\c2ccc(C(N)=NC=Nc3ccc(O)cc3)cc2)c(C)c1. The number of benzene rings is 3. The van der Waals surface area contributed by atoms with Crippen molar-refractivity contribution >= 4 is 52.6 Å². The third-order valence-electron chi connectivity index (χ3n) is 5.22. The van der Waals surface area contributed by atoms with Gasteiger partial charge in [0.15, 0.2) is 5.17 Å². The maximum absolute atomic E-state index is 12.5. The molecular weight excluding hydrogens is 476 g/mol. The molecule has 3 aromatic rings. The highest BCUT2D eigenvalue weighted by Gasteiger charge is 2.31. The third-order valence-corrected chi connectivity index (χ3v) is 6.13. The molecule has 36 heavy (non-hydrogen) atoms. The summed E-state index contributed by atoms with van der Waals surface area (Å²) >= 11 is 1.34. The number of hydrogen-bond acceptors (Lipinski definition) is 7. The van der Waals surface area contributed by atoms with Crippen LogP contribution in [0.5, 0.6) is 11.5 Å². The normalized spacial score (nSPS) is 15.5. The molecule has 0 aromatic heterocycles. The lowest BCUT2D eigenvalue weighted by Gasteiger charge is -2.18. The number of hydrogen-bond donors (Lipinski definition) is 2. The molecule has 0 saturated carbocycles. The van der Waals surface area contributed by atoms with Gasteiger partial charge in [0.05, 0.1) is 30.5 Å². The number of ether oxygens (including phenoxy) is 1. The minimum atomic E-state index is -0.0460. The molecular formula is C26H24N6O3S. The van der Waals surface area contributed by atoms with Crippen molar-refractivity contribution in [3.05, 3.63) is 83.4 Å². The van der Waals surface area contributed by atoms with Gasteiger partial charge in [-0.25, -0.2) is 9.98 Å². The monoisotopic (exact) mass is 500 g/mol. The fraction of sp³-hybridized carbons (Fsp3) is 0.115. The molecule has 0 spiro atoms. The number of thioether (sulfide) groups is 1. The lowest BCUT2D eigenvalue weighted by molar-refractivity contribution is -0.115. The zero-order valence-corrected chi connectivity index (χ0v) is 20.5. The minimum Gasteiger partial charge on any atom is -0.508 e. The van der Waals surface area contributed by atoms with E-state index in [0.29, 0.717) is 22.4 Å². The Hall–Kier alpha value is -4.44. The first-order valence-electron chi connectivity index (χ1n) is 10.9. The zero-order chi connectivity index (χ0) is 25.5. The van der Waals surface area contributed by atoms with Gasteiger partial charge >= 0.3 is 0 Å². The van der Waals surface area contributed by atoms with E-state index in [0.717, 1.165) is 28.1 Å². The second-order valence-electron chi connectivity index (χ2n) is 7.69. The van der Waals surface area contributed by atoms with E-state index in [-0.39, 0.29) is 11.7 Å². The maximum Gasteiger partial charge on any atom is 0.243 e. The zero-order valence-electron chi connectivity index (χ0n) is 19.7. The number of carbonyl (C=O) groups excluding carboxylic acids is 1. The van der Waals surface area contributed by atoms with Crippen molar-refractivity contribution in [2.45, 2.75) is 6.92 Å². The number of nitrogens with two attached hydrogens (primary N) is 1. The van der Waals surface area contributed by atoms with Crippen molar-refractivity contribution < 1.29 is 14.6 Å². The highest BCUT2D eigenvalue weighted by atomic mass is 32.2. The van der Waals surface area contributed by atoms with Gasteiger partial charge in [0, 0.05) is 5.56 Å². The average Bonchev–Trinajstić information content (AvgIpc) is 3.25. The van der Waals surface area contributed by atoms with Crippen molar-refractivity contribution in [1.29, 1.82) is 0 Å². The summed E-state index contributed by atoms with van der Waals surface area (Å²) in [6.07, 6.45) is 2.98. The lowest BCUT2D eigenvalue weighted by Crippen LogP contribution is -2.29. The maximum atomic E-state index is 12.5. The molecule has 3 aromatic carbocycles. The van der Waals surface area contributed by atoms with E-state index in [9.17, 15) is 9.90 Å². The number of aryl methyl sites for hydroxylation is 1. The van der Waals surface area contributed by atoms with E-state index in [1.54, 1.807) is 42.5 Å². The standard InChI is InChI=1S/C26H24N6O3S/c1-17-13-22(35-2)11-12-23(17)32-24(34)15-36-26(32)31-30-14-18-3-5-19(6-4-18)25(27)29-16-28-20-7-9-21(33)10-8-20/h3-14,16,33H,15H2,1-2H3,(H2,27,28,29)/b30-14-,31-26+. The van der Waals surface area contributed by atoms with E-state index in [2.05, 4.69) is 20.2 Å². The molecule has 0 aliphatic carbocycles. The van der Waals surface area contributed by atoms with Crippen molar-refractivity contribution in [2.24, 2.45) is 25.9 Å². The fourth-order valence-electron chi connectivity index (χ4n) is 3.33. The smallest absolute Gasteiger partial charge is 0.243 e. The van der Waals surface area contributed by atoms with Gasteiger partial charge in [-0.2, -0.15) is 5.10 Å². The number of anilines is 1. The quantitative estimate of drug-likeness (QED) is 0.285. The fourth-order valence-corrected chi connectivity index (χ4v) is 4.15. The topological polar surface area (TPSA) is 125 Å². The molecule has 1 fully saturated rings. The Balaban J connectivity index is 1.43. The van der Waals surface area contributed by atoms with Gasteiger partial charge < -0.3 is 15.6 Å². The summed E-state index contributed by atoms with van der Waals surface area (Å²) in [5, 5.41) is 18.3. The largest absolute Gasteiger partial charge is 0.508 e. The first kappa shape index (κ1) is 24.7. The van der Waals surface area contributed by atoms with Crippen LogP contribution < -0.4 is 15.4 Å². The predicted molar refractivity (Wildman–Crippen MR) is 146 cm³/mol. The molecule has 9 nitrogen and oxygen atoms in total. The Labute approximate surface area is 212 Å². The van der Waals surface area contributed by atoms with Crippen molar-refractivity contribution in [1.82, 2.24) is 0 Å². The highest BCUT2D eigenvalue weighted by molar-refractivity contribution is 8.15. The number of amidine groups is 2. The molecule has 1 aliphatic heterocycles. The van der Waals surface area contributed by atoms with Gasteiger partial charge in [0.2, 0.25) is 5.91 Å². The first-order valence-corrected chi connectivity index (χ1v) is 11.9. The van der Waals surface area contributed by atoms with Crippen LogP contribution in [0.25, 0.3) is 0 Å². The van der Waals surface area contributed by atoms with Gasteiger partial charge in [0.1, 0.15) is 23.7 Å². The Morgan fingerprint density at radius 3 is 2.56 bits per heavy atom. The Kier molecular flexibility index (Phi) is 7.76. The predicted octanol–water partition coefficient (Wildman–Crippen LogP) is 4.24. The highest BCUT2D eigenvalue weighted by Crippen LogP contribution is 2.31. The van der Waals surface area contributed by atoms with Crippen molar-refractivity contribution in [3.63, 3.8) is 0 Å². The number of nitrogens with zero attached hydrogens (tertiary/aromatic N) is 5. The molecule has 4 rings (SSSR count). The van der Waals surface area contributed by atoms with Crippen LogP contribution >= 0.6 is 11.8 Å². The van der Waals surface area contributed by atoms with Crippen molar-refractivity contribution in [3.8, 4) is 11.5 Å². The molecule has 1 saturated heterocycles. The van der Waals surface area contributed by atoms with Crippen LogP contribution in [-0.2, 0) is 4.79 Å². The second-order valence-corrected chi connectivity index (χ2v) is 8.64. The van der Waals surface area contributed by atoms with Crippen LogP contribution in [0, 0.1) is 6.92 Å². The first-order chi connectivity index (χ1) is 17.4. The summed E-state index contributed by atoms with van der Waals surface area (Å²) in [6, 6.07) is 19.3. The van der Waals surface area contributed by atoms with E-state index in [4.69, 9.17) is 10.5 Å². The third kappa shape index (κ3) is 5.97. The summed E-state index contributed by atoms with van der Waals surface area (Å²) in [5.41, 5.74) is 9.91. The summed E-state index contributed by atoms with van der Waals surface area (Å²) < 4.78 is 5.25. The van der Waals surface area contributed by atoms with Crippen molar-refractivity contribution in [2.75, 3.05) is 17.8 Å². The molecule has 0 unspecified atom stereocenters. The second kappa shape index (κ2) is 11.3. The van der Waals surface area contributed by atoms with Gasteiger partial charge in [0.25, 0.3) is 0 Å². The molecule has 182 valence electrons. The van der Waals surface area contributed by atoms with Crippen LogP contribution in [0.3, 0.4) is 0 Å². The van der Waals surface area contributed by atoms with Gasteiger partial charge in [-0.1, -0.05) is 36.0 Å². The number of aliphatic imine (C=N–C) groups is 2. The summed E-state index contributed by atoms with van der Waals surface area (Å²) in [5.74, 6) is 1.48. The number of methoxy groups -OCH3 is 1. The van der Waals surface area contributed by atoms with Crippen LogP contribution in [0.2, 0.25) is 0 Å². The Bertz CT molecular complexity index is 1370. The molecule has 1 amide bonds. The van der Waals surface area contributed by atoms with Gasteiger partial charge in [-0.05, 0) is 60.5 Å². The van der Waals surface area contributed by atoms with E-state index in [1.807, 2.05) is 49.4 Å². The van der Waals surface area contributed by atoms with Gasteiger partial charge in [-0.15, -0.1) is 5.10 Å². The number of carbonyl (C=O) groups is 1. The van der Waals surface area contributed by atoms with E-state index < -0.39 is 0 Å². The van der Waals surface area contributed by atoms with E-state index >= 15 is 0 Å². The number of rotatable bonds is 7. The van der Waals surface area contributed by atoms with E-state index in [1.165, 1.54) is 18.1 Å². The lowest BCUT2D eigenvalue weighted by atomic mass is 10.1. The Morgan fingerprint density at radius 1 is 1.11 bits per heavy atom. The number of phenolic OH excluding ortho intramolecular Hbond substituents is 1. The molecule has 0 bridgehead atoms.